The molecule has 0 bridgehead atoms. The minimum Gasteiger partial charge on any atom is -0.313 e. The third-order valence-corrected chi connectivity index (χ3v) is 3.64. The van der Waals surface area contributed by atoms with Gasteiger partial charge in [-0.2, -0.15) is 5.26 Å². The summed E-state index contributed by atoms with van der Waals surface area (Å²) >= 11 is 18.1. The average Bonchev–Trinajstić information content (AvgIpc) is 2.69. The number of hydrogen-bond acceptors (Lipinski definition) is 1. The summed E-state index contributed by atoms with van der Waals surface area (Å²) < 4.78 is 1.68. The van der Waals surface area contributed by atoms with E-state index in [4.69, 9.17) is 34.8 Å². The first-order valence-corrected chi connectivity index (χ1v) is 6.60. The maximum atomic E-state index is 9.30. The van der Waals surface area contributed by atoms with Crippen molar-refractivity contribution >= 4 is 41.0 Å². The first kappa shape index (κ1) is 14.0. The maximum Gasteiger partial charge on any atom is 0.133 e. The number of nitriles is 1. The van der Waals surface area contributed by atoms with Crippen molar-refractivity contribution in [1.29, 1.82) is 5.26 Å². The highest BCUT2D eigenvalue weighted by molar-refractivity contribution is 6.42. The Labute approximate surface area is 126 Å². The Morgan fingerprint density at radius 2 is 1.89 bits per heavy atom. The summed E-state index contributed by atoms with van der Waals surface area (Å²) in [5, 5.41) is 10.7. The van der Waals surface area contributed by atoms with E-state index < -0.39 is 0 Å². The molecular weight excluding hydrogens is 303 g/mol. The number of benzene rings is 1. The van der Waals surface area contributed by atoms with Crippen LogP contribution < -0.4 is 0 Å². The zero-order valence-corrected chi connectivity index (χ0v) is 12.3. The highest BCUT2D eigenvalue weighted by Gasteiger charge is 2.16. The van der Waals surface area contributed by atoms with Crippen LogP contribution in [0.5, 0.6) is 0 Å². The number of rotatable bonds is 2. The van der Waals surface area contributed by atoms with Gasteiger partial charge in [-0.15, -0.1) is 0 Å². The Bertz CT molecular complexity index is 693. The van der Waals surface area contributed by atoms with Gasteiger partial charge in [-0.3, -0.25) is 0 Å². The molecular formula is C14H9Cl3N2. The lowest BCUT2D eigenvalue weighted by atomic mass is 10.1. The van der Waals surface area contributed by atoms with E-state index in [1.807, 2.05) is 13.0 Å². The third-order valence-electron chi connectivity index (χ3n) is 2.61. The molecule has 0 unspecified atom stereocenters. The van der Waals surface area contributed by atoms with E-state index in [0.717, 1.165) is 5.56 Å². The zero-order valence-electron chi connectivity index (χ0n) is 9.99. The summed E-state index contributed by atoms with van der Waals surface area (Å²) in [7, 11) is 0. The van der Waals surface area contributed by atoms with Crippen LogP contribution in [0.25, 0.3) is 17.3 Å². The van der Waals surface area contributed by atoms with Crippen LogP contribution in [0.3, 0.4) is 0 Å². The second-order valence-electron chi connectivity index (χ2n) is 3.83. The highest BCUT2D eigenvalue weighted by Crippen LogP contribution is 2.36. The highest BCUT2D eigenvalue weighted by atomic mass is 35.5. The third kappa shape index (κ3) is 2.64. The van der Waals surface area contributed by atoms with Crippen molar-refractivity contribution in [1.82, 2.24) is 4.57 Å². The van der Waals surface area contributed by atoms with Gasteiger partial charge in [-0.05, 0) is 24.6 Å². The van der Waals surface area contributed by atoms with Crippen molar-refractivity contribution in [2.24, 2.45) is 0 Å². The molecule has 19 heavy (non-hydrogen) atoms. The second-order valence-corrected chi connectivity index (χ2v) is 5.05. The fraction of sp³-hybridized carbons (Fsp3) is 0.0714. The van der Waals surface area contributed by atoms with Gasteiger partial charge >= 0.3 is 0 Å². The molecule has 0 amide bonds. The normalized spacial score (nSPS) is 10.9. The van der Waals surface area contributed by atoms with E-state index >= 15 is 0 Å². The summed E-state index contributed by atoms with van der Waals surface area (Å²) in [5.41, 5.74) is 1.88. The lowest BCUT2D eigenvalue weighted by Gasteiger charge is -2.03. The average molecular weight is 312 g/mol. The fourth-order valence-electron chi connectivity index (χ4n) is 1.81. The second kappa shape index (κ2) is 5.71. The lowest BCUT2D eigenvalue weighted by molar-refractivity contribution is 1.13. The van der Waals surface area contributed by atoms with Crippen molar-refractivity contribution in [2.45, 2.75) is 6.92 Å². The summed E-state index contributed by atoms with van der Waals surface area (Å²) in [4.78, 5) is 0. The van der Waals surface area contributed by atoms with Gasteiger partial charge in [0.2, 0.25) is 0 Å². The predicted molar refractivity (Wildman–Crippen MR) is 80.6 cm³/mol. The summed E-state index contributed by atoms with van der Waals surface area (Å²) in [6.45, 7) is 1.87. The summed E-state index contributed by atoms with van der Waals surface area (Å²) in [6, 6.07) is 7.33. The number of aromatic nitrogens is 1. The Kier molecular flexibility index (Phi) is 4.21. The molecule has 0 aliphatic rings. The van der Waals surface area contributed by atoms with Crippen LogP contribution in [-0.2, 0) is 0 Å². The van der Waals surface area contributed by atoms with Gasteiger partial charge in [-0.25, -0.2) is 0 Å². The van der Waals surface area contributed by atoms with Gasteiger partial charge in [0, 0.05) is 18.0 Å². The molecule has 2 rings (SSSR count). The Balaban J connectivity index is 2.68. The minimum absolute atomic E-state index is 0.429. The Hall–Kier alpha value is -1.40. The van der Waals surface area contributed by atoms with E-state index in [2.05, 4.69) is 6.07 Å². The number of allylic oxidation sites excluding steroid dienone is 1. The molecule has 5 heteroatoms. The molecule has 0 N–H and O–H groups in total. The van der Waals surface area contributed by atoms with Gasteiger partial charge in [-0.1, -0.05) is 46.9 Å². The van der Waals surface area contributed by atoms with Crippen LogP contribution in [0.4, 0.5) is 0 Å². The summed E-state index contributed by atoms with van der Waals surface area (Å²) in [6.07, 6.45) is 5.29. The summed E-state index contributed by atoms with van der Waals surface area (Å²) in [5.74, 6) is 0. The Morgan fingerprint density at radius 3 is 2.47 bits per heavy atom. The van der Waals surface area contributed by atoms with Crippen molar-refractivity contribution in [2.75, 3.05) is 0 Å². The van der Waals surface area contributed by atoms with Crippen LogP contribution in [0.2, 0.25) is 15.1 Å². The van der Waals surface area contributed by atoms with Crippen molar-refractivity contribution in [3.8, 4) is 17.2 Å². The monoisotopic (exact) mass is 310 g/mol. The minimum atomic E-state index is 0.429. The molecule has 1 aromatic heterocycles. The van der Waals surface area contributed by atoms with E-state index in [1.165, 1.54) is 0 Å². The molecule has 0 spiro atoms. The van der Waals surface area contributed by atoms with Crippen LogP contribution >= 0.6 is 34.8 Å². The van der Waals surface area contributed by atoms with Crippen LogP contribution in [0.1, 0.15) is 12.6 Å². The fourth-order valence-corrected chi connectivity index (χ4v) is 2.41. The molecule has 1 heterocycles. The van der Waals surface area contributed by atoms with Crippen LogP contribution in [-0.4, -0.2) is 4.57 Å². The Morgan fingerprint density at radius 1 is 1.16 bits per heavy atom. The molecule has 0 saturated carbocycles. The molecule has 0 radical (unpaired) electrons. The van der Waals surface area contributed by atoms with E-state index in [0.29, 0.717) is 26.3 Å². The van der Waals surface area contributed by atoms with Crippen molar-refractivity contribution in [3.05, 3.63) is 51.2 Å². The standard InChI is InChI=1S/C14H9Cl3N2/c1-2-5-19-8-12(17)14(13(19)7-18)9-3-4-10(15)11(16)6-9/h2-6,8H,1H3. The molecule has 0 aliphatic carbocycles. The number of nitrogens with zero attached hydrogens (tertiary/aromatic N) is 2. The maximum absolute atomic E-state index is 9.30. The SMILES string of the molecule is CC=Cn1cc(Cl)c(-c2ccc(Cl)c(Cl)c2)c1C#N. The molecule has 0 saturated heterocycles. The number of halogens is 3. The van der Waals surface area contributed by atoms with Gasteiger partial charge in [0.05, 0.1) is 15.1 Å². The molecule has 1 aromatic carbocycles. The quantitative estimate of drug-likeness (QED) is 0.722. The predicted octanol–water partition coefficient (Wildman–Crippen LogP) is 5.48. The molecule has 2 nitrogen and oxygen atoms in total. The topological polar surface area (TPSA) is 28.7 Å². The molecule has 96 valence electrons. The van der Waals surface area contributed by atoms with Crippen molar-refractivity contribution < 1.29 is 0 Å². The van der Waals surface area contributed by atoms with Crippen LogP contribution in [0.15, 0.2) is 30.5 Å². The molecule has 0 aliphatic heterocycles. The van der Waals surface area contributed by atoms with E-state index in [-0.39, 0.29) is 0 Å². The lowest BCUT2D eigenvalue weighted by Crippen LogP contribution is -1.89. The first-order valence-electron chi connectivity index (χ1n) is 5.47. The number of hydrogen-bond donors (Lipinski definition) is 0. The zero-order chi connectivity index (χ0) is 14.0. The molecule has 2 aromatic rings. The first-order chi connectivity index (χ1) is 9.08. The van der Waals surface area contributed by atoms with Gasteiger partial charge < -0.3 is 4.57 Å². The van der Waals surface area contributed by atoms with E-state index in [9.17, 15) is 5.26 Å². The molecule has 0 fully saturated rings. The molecule has 0 atom stereocenters. The van der Waals surface area contributed by atoms with E-state index in [1.54, 1.807) is 35.2 Å². The smallest absolute Gasteiger partial charge is 0.133 e. The van der Waals surface area contributed by atoms with Gasteiger partial charge in [0.25, 0.3) is 0 Å². The van der Waals surface area contributed by atoms with Gasteiger partial charge in [0.15, 0.2) is 0 Å². The van der Waals surface area contributed by atoms with Crippen molar-refractivity contribution in [3.63, 3.8) is 0 Å². The van der Waals surface area contributed by atoms with Crippen LogP contribution in [0, 0.1) is 11.3 Å². The largest absolute Gasteiger partial charge is 0.313 e. The van der Waals surface area contributed by atoms with Gasteiger partial charge in [0.1, 0.15) is 11.8 Å².